The Hall–Kier alpha value is -2.67. The van der Waals surface area contributed by atoms with Gasteiger partial charge in [-0.05, 0) is 49.2 Å². The SMILES string of the molecule is C/C(=N/NC(=O)COc1cccc(C)c1)c1ccc(S(C)(=O)=O)cc1. The zero-order chi connectivity index (χ0) is 18.4. The Bertz CT molecular complexity index is 888. The largest absolute Gasteiger partial charge is 0.484 e. The Morgan fingerprint density at radius 1 is 1.16 bits per heavy atom. The number of nitrogens with one attached hydrogen (secondary N) is 1. The predicted molar refractivity (Wildman–Crippen MR) is 96.6 cm³/mol. The van der Waals surface area contributed by atoms with Crippen molar-refractivity contribution in [2.75, 3.05) is 12.9 Å². The summed E-state index contributed by atoms with van der Waals surface area (Å²) in [5.74, 6) is 0.237. The van der Waals surface area contributed by atoms with Crippen LogP contribution in [-0.2, 0) is 14.6 Å². The lowest BCUT2D eigenvalue weighted by atomic mass is 10.1. The third-order valence-corrected chi connectivity index (χ3v) is 4.54. The van der Waals surface area contributed by atoms with E-state index in [0.29, 0.717) is 17.0 Å². The van der Waals surface area contributed by atoms with Gasteiger partial charge in [-0.1, -0.05) is 24.3 Å². The van der Waals surface area contributed by atoms with E-state index in [2.05, 4.69) is 10.5 Å². The first-order valence-corrected chi connectivity index (χ1v) is 9.48. The first-order valence-electron chi connectivity index (χ1n) is 7.59. The second kappa shape index (κ2) is 7.94. The summed E-state index contributed by atoms with van der Waals surface area (Å²) in [4.78, 5) is 12.0. The molecule has 0 atom stereocenters. The molecule has 0 aliphatic rings. The van der Waals surface area contributed by atoms with Gasteiger partial charge in [-0.25, -0.2) is 13.8 Å². The van der Waals surface area contributed by atoms with Gasteiger partial charge in [0, 0.05) is 6.26 Å². The highest BCUT2D eigenvalue weighted by atomic mass is 32.2. The lowest BCUT2D eigenvalue weighted by molar-refractivity contribution is -0.123. The number of aryl methyl sites for hydroxylation is 1. The molecule has 0 radical (unpaired) electrons. The van der Waals surface area contributed by atoms with E-state index in [1.807, 2.05) is 25.1 Å². The summed E-state index contributed by atoms with van der Waals surface area (Å²) in [5, 5.41) is 4.00. The molecule has 0 heterocycles. The number of nitrogens with zero attached hydrogens (tertiary/aromatic N) is 1. The highest BCUT2D eigenvalue weighted by Crippen LogP contribution is 2.12. The zero-order valence-corrected chi connectivity index (χ0v) is 15.1. The van der Waals surface area contributed by atoms with Crippen LogP contribution < -0.4 is 10.2 Å². The summed E-state index contributed by atoms with van der Waals surface area (Å²) in [6.07, 6.45) is 1.15. The molecule has 0 aliphatic heterocycles. The van der Waals surface area contributed by atoms with Crippen LogP contribution in [0.1, 0.15) is 18.1 Å². The summed E-state index contributed by atoms with van der Waals surface area (Å²) in [5.41, 5.74) is 4.74. The van der Waals surface area contributed by atoms with E-state index in [0.717, 1.165) is 11.8 Å². The molecule has 0 saturated carbocycles. The molecule has 0 aromatic heterocycles. The van der Waals surface area contributed by atoms with Gasteiger partial charge in [0.2, 0.25) is 0 Å². The number of ether oxygens (including phenoxy) is 1. The van der Waals surface area contributed by atoms with Crippen molar-refractivity contribution in [1.82, 2.24) is 5.43 Å². The van der Waals surface area contributed by atoms with Gasteiger partial charge >= 0.3 is 0 Å². The van der Waals surface area contributed by atoms with E-state index in [9.17, 15) is 13.2 Å². The van der Waals surface area contributed by atoms with Crippen LogP contribution in [0.15, 0.2) is 58.5 Å². The van der Waals surface area contributed by atoms with E-state index in [1.54, 1.807) is 25.1 Å². The maximum absolute atomic E-state index is 11.8. The van der Waals surface area contributed by atoms with E-state index >= 15 is 0 Å². The van der Waals surface area contributed by atoms with Crippen molar-refractivity contribution in [2.45, 2.75) is 18.7 Å². The molecule has 0 unspecified atom stereocenters. The molecule has 0 saturated heterocycles. The lowest BCUT2D eigenvalue weighted by Gasteiger charge is -2.07. The fourth-order valence-corrected chi connectivity index (χ4v) is 2.67. The number of hydrogen-bond donors (Lipinski definition) is 1. The number of benzene rings is 2. The molecule has 2 aromatic rings. The van der Waals surface area contributed by atoms with Crippen molar-refractivity contribution < 1.29 is 17.9 Å². The quantitative estimate of drug-likeness (QED) is 0.633. The van der Waals surface area contributed by atoms with Crippen LogP contribution in [0.5, 0.6) is 5.75 Å². The number of hydrogen-bond acceptors (Lipinski definition) is 5. The van der Waals surface area contributed by atoms with Crippen LogP contribution in [0.2, 0.25) is 0 Å². The third-order valence-electron chi connectivity index (χ3n) is 3.41. The van der Waals surface area contributed by atoms with Crippen LogP contribution in [0.3, 0.4) is 0 Å². The van der Waals surface area contributed by atoms with E-state index in [-0.39, 0.29) is 17.4 Å². The smallest absolute Gasteiger partial charge is 0.277 e. The molecule has 0 spiro atoms. The summed E-state index contributed by atoms with van der Waals surface area (Å²) < 4.78 is 28.3. The van der Waals surface area contributed by atoms with Crippen molar-refractivity contribution >= 4 is 21.5 Å². The van der Waals surface area contributed by atoms with Gasteiger partial charge in [0.1, 0.15) is 5.75 Å². The molecule has 0 fully saturated rings. The minimum absolute atomic E-state index is 0.146. The Kier molecular flexibility index (Phi) is 5.93. The minimum atomic E-state index is -3.23. The van der Waals surface area contributed by atoms with Crippen LogP contribution in [-0.4, -0.2) is 32.9 Å². The monoisotopic (exact) mass is 360 g/mol. The standard InChI is InChI=1S/C18H20N2O4S/c1-13-5-4-6-16(11-13)24-12-18(21)20-19-14(2)15-7-9-17(10-8-15)25(3,22)23/h4-11H,12H2,1-3H3,(H,20,21)/b19-14-. The topological polar surface area (TPSA) is 84.8 Å². The fourth-order valence-electron chi connectivity index (χ4n) is 2.04. The predicted octanol–water partition coefficient (Wildman–Crippen LogP) is 2.32. The van der Waals surface area contributed by atoms with Crippen LogP contribution in [0.4, 0.5) is 0 Å². The van der Waals surface area contributed by atoms with E-state index in [1.165, 1.54) is 12.1 Å². The van der Waals surface area contributed by atoms with Gasteiger partial charge in [-0.2, -0.15) is 5.10 Å². The Labute approximate surface area is 147 Å². The van der Waals surface area contributed by atoms with Crippen molar-refractivity contribution in [3.63, 3.8) is 0 Å². The number of sulfone groups is 1. The molecule has 25 heavy (non-hydrogen) atoms. The number of rotatable bonds is 6. The second-order valence-corrected chi connectivity index (χ2v) is 7.65. The average molecular weight is 360 g/mol. The molecule has 132 valence electrons. The lowest BCUT2D eigenvalue weighted by Crippen LogP contribution is -2.25. The fraction of sp³-hybridized carbons (Fsp3) is 0.222. The maximum atomic E-state index is 11.8. The summed E-state index contributed by atoms with van der Waals surface area (Å²) in [6.45, 7) is 3.51. The Morgan fingerprint density at radius 3 is 2.44 bits per heavy atom. The average Bonchev–Trinajstić information content (AvgIpc) is 2.57. The van der Waals surface area contributed by atoms with Gasteiger partial charge in [-0.15, -0.1) is 0 Å². The number of hydrazone groups is 1. The van der Waals surface area contributed by atoms with Crippen LogP contribution in [0.25, 0.3) is 0 Å². The molecular weight excluding hydrogens is 340 g/mol. The summed E-state index contributed by atoms with van der Waals surface area (Å²) >= 11 is 0. The first kappa shape index (κ1) is 18.7. The summed E-state index contributed by atoms with van der Waals surface area (Å²) in [6, 6.07) is 13.7. The van der Waals surface area contributed by atoms with Crippen molar-refractivity contribution in [2.24, 2.45) is 5.10 Å². The molecule has 6 nitrogen and oxygen atoms in total. The van der Waals surface area contributed by atoms with Gasteiger partial charge in [0.05, 0.1) is 10.6 Å². The van der Waals surface area contributed by atoms with Crippen LogP contribution in [0, 0.1) is 6.92 Å². The number of carbonyl (C=O) groups is 1. The summed E-state index contributed by atoms with van der Waals surface area (Å²) in [7, 11) is -3.23. The minimum Gasteiger partial charge on any atom is -0.484 e. The van der Waals surface area contributed by atoms with Crippen LogP contribution >= 0.6 is 0 Å². The first-order chi connectivity index (χ1) is 11.8. The second-order valence-electron chi connectivity index (χ2n) is 5.63. The molecule has 0 bridgehead atoms. The van der Waals surface area contributed by atoms with E-state index in [4.69, 9.17) is 4.74 Å². The molecule has 7 heteroatoms. The Balaban J connectivity index is 1.92. The van der Waals surface area contributed by atoms with Crippen molar-refractivity contribution in [1.29, 1.82) is 0 Å². The highest BCUT2D eigenvalue weighted by Gasteiger charge is 2.07. The van der Waals surface area contributed by atoms with Crippen molar-refractivity contribution in [3.8, 4) is 5.75 Å². The molecule has 2 aromatic carbocycles. The highest BCUT2D eigenvalue weighted by molar-refractivity contribution is 7.90. The molecular formula is C18H20N2O4S. The number of carbonyl (C=O) groups excluding carboxylic acids is 1. The van der Waals surface area contributed by atoms with E-state index < -0.39 is 9.84 Å². The molecule has 1 amide bonds. The molecule has 1 N–H and O–H groups in total. The zero-order valence-electron chi connectivity index (χ0n) is 14.3. The number of amides is 1. The van der Waals surface area contributed by atoms with Crippen molar-refractivity contribution in [3.05, 3.63) is 59.7 Å². The Morgan fingerprint density at radius 2 is 1.84 bits per heavy atom. The van der Waals surface area contributed by atoms with Gasteiger partial charge in [0.25, 0.3) is 5.91 Å². The normalized spacial score (nSPS) is 11.9. The third kappa shape index (κ3) is 5.72. The van der Waals surface area contributed by atoms with Gasteiger partial charge in [-0.3, -0.25) is 4.79 Å². The molecule has 0 aliphatic carbocycles. The molecule has 2 rings (SSSR count). The van der Waals surface area contributed by atoms with Gasteiger partial charge < -0.3 is 4.74 Å². The van der Waals surface area contributed by atoms with Gasteiger partial charge in [0.15, 0.2) is 16.4 Å². The maximum Gasteiger partial charge on any atom is 0.277 e.